The van der Waals surface area contributed by atoms with Crippen molar-refractivity contribution in [1.82, 2.24) is 20.4 Å². The largest absolute Gasteiger partial charge is 0.382 e. The Morgan fingerprint density at radius 2 is 2.15 bits per heavy atom. The van der Waals surface area contributed by atoms with Gasteiger partial charge in [0.25, 0.3) is 0 Å². The van der Waals surface area contributed by atoms with Crippen LogP contribution in [0.5, 0.6) is 0 Å². The first-order chi connectivity index (χ1) is 12.9. The first kappa shape index (κ1) is 19.7. The normalized spacial score (nSPS) is 16.6. The maximum Gasteiger partial charge on any atom is 0.214 e. The number of aromatic nitrogens is 2. The van der Waals surface area contributed by atoms with Gasteiger partial charge in [-0.05, 0) is 49.3 Å². The molecule has 1 aromatic carbocycles. The van der Waals surface area contributed by atoms with Gasteiger partial charge in [0.1, 0.15) is 11.5 Å². The van der Waals surface area contributed by atoms with Gasteiger partial charge in [0, 0.05) is 0 Å². The topological polar surface area (TPSA) is 136 Å². The number of nitrogens with zero attached hydrogens (tertiary/aromatic N) is 3. The van der Waals surface area contributed by atoms with Crippen LogP contribution < -0.4 is 15.8 Å². The van der Waals surface area contributed by atoms with E-state index in [0.717, 1.165) is 6.07 Å². The number of piperidine rings is 1. The number of halogens is 2. The number of hydrogen-bond donors (Lipinski definition) is 3. The average molecular weight is 417 g/mol. The molecule has 0 radical (unpaired) electrons. The molecule has 2 heterocycles. The Hall–Kier alpha value is -2.08. The summed E-state index contributed by atoms with van der Waals surface area (Å²) in [5.74, 6) is -0.639. The molecule has 1 aliphatic heterocycles. The maximum atomic E-state index is 13.2. The fraction of sp³-hybridized carbons (Fsp3) is 0.400. The lowest BCUT2D eigenvalue weighted by Crippen LogP contribution is -2.41. The van der Waals surface area contributed by atoms with Crippen LogP contribution in [0.3, 0.4) is 0 Å². The van der Waals surface area contributed by atoms with Crippen LogP contribution in [0, 0.1) is 5.82 Å². The smallest absolute Gasteiger partial charge is 0.214 e. The molecule has 0 atom stereocenters. The first-order valence-electron chi connectivity index (χ1n) is 8.17. The van der Waals surface area contributed by atoms with E-state index in [0.29, 0.717) is 31.6 Å². The molecule has 3 rings (SSSR count). The number of benzene rings is 1. The van der Waals surface area contributed by atoms with E-state index in [1.54, 1.807) is 0 Å². The van der Waals surface area contributed by atoms with Crippen molar-refractivity contribution in [2.24, 2.45) is 10.7 Å². The zero-order valence-electron chi connectivity index (χ0n) is 14.2. The molecule has 0 unspecified atom stereocenters. The zero-order chi connectivity index (χ0) is 19.4. The molecule has 0 saturated carbocycles. The molecular formula is C15H18ClFN6O3S. The number of nitrogens with two attached hydrogens (primary N) is 1. The summed E-state index contributed by atoms with van der Waals surface area (Å²) < 4.78 is 45.2. The quantitative estimate of drug-likeness (QED) is 0.473. The lowest BCUT2D eigenvalue weighted by atomic mass is 10.2. The summed E-state index contributed by atoms with van der Waals surface area (Å²) in [6.45, 7) is 1.18. The molecule has 2 aromatic rings. The van der Waals surface area contributed by atoms with Crippen molar-refractivity contribution < 1.29 is 17.4 Å². The van der Waals surface area contributed by atoms with Crippen molar-refractivity contribution in [1.29, 1.82) is 0 Å². The minimum Gasteiger partial charge on any atom is -0.382 e. The Morgan fingerprint density at radius 3 is 2.85 bits per heavy atom. The fourth-order valence-electron chi connectivity index (χ4n) is 2.66. The van der Waals surface area contributed by atoms with Gasteiger partial charge in [0.05, 0.1) is 22.5 Å². The molecular weight excluding hydrogens is 399 g/mol. The minimum absolute atomic E-state index is 0.0602. The highest BCUT2D eigenvalue weighted by molar-refractivity contribution is 7.90. The van der Waals surface area contributed by atoms with Crippen molar-refractivity contribution in [2.75, 3.05) is 13.1 Å². The highest BCUT2D eigenvalue weighted by Gasteiger charge is 2.27. The van der Waals surface area contributed by atoms with Crippen molar-refractivity contribution in [3.8, 4) is 0 Å². The van der Waals surface area contributed by atoms with E-state index in [1.165, 1.54) is 12.1 Å². The van der Waals surface area contributed by atoms with E-state index in [-0.39, 0.29) is 28.8 Å². The lowest BCUT2D eigenvalue weighted by Gasteiger charge is -2.22. The van der Waals surface area contributed by atoms with Gasteiger partial charge in [-0.1, -0.05) is 16.8 Å². The molecule has 146 valence electrons. The second-order valence-corrected chi connectivity index (χ2v) is 8.42. The van der Waals surface area contributed by atoms with Gasteiger partial charge in [-0.25, -0.2) is 27.2 Å². The third kappa shape index (κ3) is 4.80. The summed E-state index contributed by atoms with van der Waals surface area (Å²) in [5.41, 5.74) is 6.51. The van der Waals surface area contributed by atoms with Crippen LogP contribution in [0.4, 0.5) is 10.1 Å². The number of amidine groups is 1. The summed E-state index contributed by atoms with van der Waals surface area (Å²) in [5, 5.41) is 9.91. The zero-order valence-corrected chi connectivity index (χ0v) is 15.7. The summed E-state index contributed by atoms with van der Waals surface area (Å²) in [6.07, 6.45) is 1.07. The number of nitrogens with one attached hydrogen (secondary N) is 2. The molecule has 12 heteroatoms. The first-order valence-corrected chi connectivity index (χ1v) is 10.1. The van der Waals surface area contributed by atoms with E-state index in [4.69, 9.17) is 17.3 Å². The molecule has 1 fully saturated rings. The Morgan fingerprint density at radius 1 is 1.41 bits per heavy atom. The molecule has 1 aliphatic rings. The molecule has 0 aliphatic carbocycles. The van der Waals surface area contributed by atoms with Crippen molar-refractivity contribution in [2.45, 2.75) is 24.6 Å². The van der Waals surface area contributed by atoms with Crippen molar-refractivity contribution in [3.63, 3.8) is 0 Å². The summed E-state index contributed by atoms with van der Waals surface area (Å²) in [4.78, 5) is 4.09. The molecule has 9 nitrogen and oxygen atoms in total. The molecule has 4 N–H and O–H groups in total. The van der Waals surface area contributed by atoms with Gasteiger partial charge >= 0.3 is 0 Å². The Balaban J connectivity index is 1.73. The number of hydrogen-bond acceptors (Lipinski definition) is 7. The fourth-order valence-corrected chi connectivity index (χ4v) is 4.26. The molecule has 1 aromatic heterocycles. The van der Waals surface area contributed by atoms with Crippen LogP contribution in [-0.2, 0) is 16.6 Å². The van der Waals surface area contributed by atoms with E-state index >= 15 is 0 Å². The second-order valence-electron chi connectivity index (χ2n) is 5.97. The van der Waals surface area contributed by atoms with Gasteiger partial charge in [-0.3, -0.25) is 0 Å². The van der Waals surface area contributed by atoms with Gasteiger partial charge in [-0.2, -0.15) is 0 Å². The van der Waals surface area contributed by atoms with Crippen molar-refractivity contribution in [3.05, 3.63) is 40.4 Å². The monoisotopic (exact) mass is 416 g/mol. The number of aliphatic imine (C=N–C) groups is 1. The van der Waals surface area contributed by atoms with Crippen LogP contribution in [0.15, 0.2) is 27.8 Å². The molecule has 0 spiro atoms. The van der Waals surface area contributed by atoms with Gasteiger partial charge in [0.2, 0.25) is 10.0 Å². The molecule has 27 heavy (non-hydrogen) atoms. The molecule has 0 amide bonds. The summed E-state index contributed by atoms with van der Waals surface area (Å²) >= 11 is 5.71. The maximum absolute atomic E-state index is 13.2. The molecule has 1 saturated heterocycles. The van der Waals surface area contributed by atoms with Gasteiger partial charge in [-0.15, -0.1) is 0 Å². The van der Waals surface area contributed by atoms with Crippen molar-refractivity contribution >= 4 is 33.1 Å². The number of rotatable bonds is 6. The second kappa shape index (κ2) is 8.30. The summed E-state index contributed by atoms with van der Waals surface area (Å²) in [7, 11) is -3.51. The number of sulfonamides is 1. The SMILES string of the molecule is NC(=Nc1ccc(F)c(Cl)c1)c1nonc1CNS(=O)(=O)C1CCNCC1. The van der Waals surface area contributed by atoms with Crippen LogP contribution in [-0.4, -0.2) is 42.9 Å². The van der Waals surface area contributed by atoms with Gasteiger partial charge in [0.15, 0.2) is 11.5 Å². The Kier molecular flexibility index (Phi) is 6.05. The predicted molar refractivity (Wildman–Crippen MR) is 97.7 cm³/mol. The van der Waals surface area contributed by atoms with Crippen LogP contribution in [0.1, 0.15) is 24.2 Å². The minimum atomic E-state index is -3.51. The Labute approximate surface area is 160 Å². The highest BCUT2D eigenvalue weighted by atomic mass is 35.5. The standard InChI is InChI=1S/C15H18ClFN6O3S/c16-11-7-9(1-2-12(11)17)21-15(18)14-13(22-26-23-14)8-20-27(24,25)10-3-5-19-6-4-10/h1-2,7,10,19-20H,3-6,8H2,(H2,18,21). The average Bonchev–Trinajstić information content (AvgIpc) is 3.13. The van der Waals surface area contributed by atoms with Crippen LogP contribution >= 0.6 is 11.6 Å². The lowest BCUT2D eigenvalue weighted by molar-refractivity contribution is 0.302. The molecule has 0 bridgehead atoms. The summed E-state index contributed by atoms with van der Waals surface area (Å²) in [6, 6.07) is 3.85. The van der Waals surface area contributed by atoms with E-state index < -0.39 is 21.1 Å². The van der Waals surface area contributed by atoms with Gasteiger partial charge < -0.3 is 11.1 Å². The van der Waals surface area contributed by atoms with Crippen LogP contribution in [0.25, 0.3) is 0 Å². The third-order valence-electron chi connectivity index (χ3n) is 4.12. The predicted octanol–water partition coefficient (Wildman–Crippen LogP) is 1.07. The van der Waals surface area contributed by atoms with E-state index in [2.05, 4.69) is 30.0 Å². The third-order valence-corrected chi connectivity index (χ3v) is 6.30. The highest BCUT2D eigenvalue weighted by Crippen LogP contribution is 2.22. The van der Waals surface area contributed by atoms with Crippen LogP contribution in [0.2, 0.25) is 5.02 Å². The van der Waals surface area contributed by atoms with E-state index in [9.17, 15) is 12.8 Å². The van der Waals surface area contributed by atoms with E-state index in [1.807, 2.05) is 0 Å². The Bertz CT molecular complexity index is 943.